The molecule has 0 aliphatic carbocycles. The third kappa shape index (κ3) is 4.07. The number of hydrogen-bond acceptors (Lipinski definition) is 2. The molecule has 0 spiro atoms. The fourth-order valence-electron chi connectivity index (χ4n) is 3.25. The summed E-state index contributed by atoms with van der Waals surface area (Å²) < 4.78 is 0. The molecular weight excluding hydrogens is 244 g/mol. The van der Waals surface area contributed by atoms with Crippen LogP contribution in [-0.2, 0) is 0 Å². The van der Waals surface area contributed by atoms with Crippen LogP contribution in [-0.4, -0.2) is 30.6 Å². The molecular formula is C18H30N2. The lowest BCUT2D eigenvalue weighted by molar-refractivity contribution is 0.165. The minimum atomic E-state index is 0.440. The fourth-order valence-corrected chi connectivity index (χ4v) is 3.25. The topological polar surface area (TPSA) is 15.3 Å². The molecule has 2 atom stereocenters. The van der Waals surface area contributed by atoms with E-state index in [0.29, 0.717) is 12.1 Å². The second-order valence-electron chi connectivity index (χ2n) is 6.36. The van der Waals surface area contributed by atoms with Crippen molar-refractivity contribution in [1.82, 2.24) is 10.2 Å². The van der Waals surface area contributed by atoms with Crippen LogP contribution in [0, 0.1) is 12.8 Å². The Balaban J connectivity index is 1.84. The summed E-state index contributed by atoms with van der Waals surface area (Å²) in [5.41, 5.74) is 2.73. The van der Waals surface area contributed by atoms with Crippen molar-refractivity contribution in [2.75, 3.05) is 19.6 Å². The van der Waals surface area contributed by atoms with E-state index in [4.69, 9.17) is 0 Å². The molecule has 0 aromatic heterocycles. The Labute approximate surface area is 124 Å². The molecule has 1 aliphatic heterocycles. The summed E-state index contributed by atoms with van der Waals surface area (Å²) in [7, 11) is 0. The van der Waals surface area contributed by atoms with Crippen molar-refractivity contribution in [1.29, 1.82) is 0 Å². The molecule has 1 saturated heterocycles. The molecule has 0 saturated carbocycles. The van der Waals surface area contributed by atoms with Gasteiger partial charge in [-0.2, -0.15) is 0 Å². The van der Waals surface area contributed by atoms with E-state index in [-0.39, 0.29) is 0 Å². The maximum absolute atomic E-state index is 3.80. The molecule has 2 heteroatoms. The normalized spacial score (nSPS) is 20.8. The molecule has 112 valence electrons. The first-order chi connectivity index (χ1) is 9.60. The standard InChI is InChI=1S/C18H30N2/c1-5-20-12-10-18(11-13-20)16(4)19-15(3)17-8-6-14(2)7-9-17/h6-9,15-16,18-19H,5,10-13H2,1-4H3/t15-,16?/m0/s1. The van der Waals surface area contributed by atoms with E-state index in [9.17, 15) is 0 Å². The van der Waals surface area contributed by atoms with Gasteiger partial charge >= 0.3 is 0 Å². The number of piperidine rings is 1. The first kappa shape index (κ1) is 15.5. The molecule has 1 fully saturated rings. The minimum Gasteiger partial charge on any atom is -0.307 e. The highest BCUT2D eigenvalue weighted by Gasteiger charge is 2.24. The molecule has 1 heterocycles. The van der Waals surface area contributed by atoms with Crippen molar-refractivity contribution in [3.8, 4) is 0 Å². The first-order valence-electron chi connectivity index (χ1n) is 8.15. The van der Waals surface area contributed by atoms with Gasteiger partial charge in [-0.25, -0.2) is 0 Å². The van der Waals surface area contributed by atoms with Crippen LogP contribution in [0.3, 0.4) is 0 Å². The van der Waals surface area contributed by atoms with Gasteiger partial charge in [-0.3, -0.25) is 0 Å². The van der Waals surface area contributed by atoms with Crippen molar-refractivity contribution >= 4 is 0 Å². The lowest BCUT2D eigenvalue weighted by atomic mass is 9.89. The largest absolute Gasteiger partial charge is 0.307 e. The van der Waals surface area contributed by atoms with Crippen molar-refractivity contribution in [3.63, 3.8) is 0 Å². The molecule has 1 N–H and O–H groups in total. The highest BCUT2D eigenvalue weighted by molar-refractivity contribution is 5.23. The predicted molar refractivity (Wildman–Crippen MR) is 87.0 cm³/mol. The maximum Gasteiger partial charge on any atom is 0.0294 e. The maximum atomic E-state index is 3.80. The third-order valence-corrected chi connectivity index (χ3v) is 4.88. The molecule has 2 rings (SSSR count). The van der Waals surface area contributed by atoms with E-state index < -0.39 is 0 Å². The van der Waals surface area contributed by atoms with Crippen LogP contribution in [0.15, 0.2) is 24.3 Å². The SMILES string of the molecule is CCN1CCC(C(C)N[C@@H](C)c2ccc(C)cc2)CC1. The van der Waals surface area contributed by atoms with Crippen LogP contribution in [0.25, 0.3) is 0 Å². The van der Waals surface area contributed by atoms with Gasteiger partial charge in [0.2, 0.25) is 0 Å². The molecule has 2 nitrogen and oxygen atoms in total. The van der Waals surface area contributed by atoms with Crippen LogP contribution in [0.5, 0.6) is 0 Å². The number of nitrogens with one attached hydrogen (secondary N) is 1. The first-order valence-corrected chi connectivity index (χ1v) is 8.15. The van der Waals surface area contributed by atoms with Gasteiger partial charge in [0, 0.05) is 12.1 Å². The Morgan fingerprint density at radius 1 is 1.15 bits per heavy atom. The number of hydrogen-bond donors (Lipinski definition) is 1. The average Bonchev–Trinajstić information content (AvgIpc) is 2.48. The molecule has 0 radical (unpaired) electrons. The van der Waals surface area contributed by atoms with Crippen LogP contribution >= 0.6 is 0 Å². The highest BCUT2D eigenvalue weighted by atomic mass is 15.1. The van der Waals surface area contributed by atoms with E-state index in [1.807, 2.05) is 0 Å². The Hall–Kier alpha value is -0.860. The minimum absolute atomic E-state index is 0.440. The highest BCUT2D eigenvalue weighted by Crippen LogP contribution is 2.23. The van der Waals surface area contributed by atoms with Crippen molar-refractivity contribution < 1.29 is 0 Å². The summed E-state index contributed by atoms with van der Waals surface area (Å²) in [5.74, 6) is 0.825. The van der Waals surface area contributed by atoms with Gasteiger partial charge in [0.25, 0.3) is 0 Å². The molecule has 0 bridgehead atoms. The van der Waals surface area contributed by atoms with Gasteiger partial charge in [0.15, 0.2) is 0 Å². The molecule has 0 amide bonds. The second-order valence-corrected chi connectivity index (χ2v) is 6.36. The molecule has 20 heavy (non-hydrogen) atoms. The monoisotopic (exact) mass is 274 g/mol. The Morgan fingerprint density at radius 3 is 2.30 bits per heavy atom. The lowest BCUT2D eigenvalue weighted by Crippen LogP contribution is -2.42. The summed E-state index contributed by atoms with van der Waals surface area (Å²) in [6.07, 6.45) is 2.67. The summed E-state index contributed by atoms with van der Waals surface area (Å²) in [4.78, 5) is 2.56. The van der Waals surface area contributed by atoms with Crippen LogP contribution in [0.2, 0.25) is 0 Å². The Morgan fingerprint density at radius 2 is 1.75 bits per heavy atom. The van der Waals surface area contributed by atoms with E-state index in [1.54, 1.807) is 0 Å². The number of aryl methyl sites for hydroxylation is 1. The van der Waals surface area contributed by atoms with Gasteiger partial charge in [0.1, 0.15) is 0 Å². The summed E-state index contributed by atoms with van der Waals surface area (Å²) in [6.45, 7) is 12.8. The quantitative estimate of drug-likeness (QED) is 0.879. The smallest absolute Gasteiger partial charge is 0.0294 e. The van der Waals surface area contributed by atoms with E-state index in [2.05, 4.69) is 62.2 Å². The van der Waals surface area contributed by atoms with E-state index in [1.165, 1.54) is 43.6 Å². The predicted octanol–water partition coefficient (Wildman–Crippen LogP) is 3.77. The molecule has 1 unspecified atom stereocenters. The van der Waals surface area contributed by atoms with Gasteiger partial charge in [-0.15, -0.1) is 0 Å². The van der Waals surface area contributed by atoms with Gasteiger partial charge in [0.05, 0.1) is 0 Å². The lowest BCUT2D eigenvalue weighted by Gasteiger charge is -2.35. The van der Waals surface area contributed by atoms with E-state index >= 15 is 0 Å². The molecule has 1 aliphatic rings. The average molecular weight is 274 g/mol. The summed E-state index contributed by atoms with van der Waals surface area (Å²) in [6, 6.07) is 9.95. The number of likely N-dealkylation sites (tertiary alicyclic amines) is 1. The van der Waals surface area contributed by atoms with Crippen molar-refractivity contribution in [2.45, 2.75) is 52.6 Å². The van der Waals surface area contributed by atoms with Gasteiger partial charge < -0.3 is 10.2 Å². The van der Waals surface area contributed by atoms with Crippen molar-refractivity contribution in [3.05, 3.63) is 35.4 Å². The van der Waals surface area contributed by atoms with Crippen molar-refractivity contribution in [2.24, 2.45) is 5.92 Å². The zero-order valence-corrected chi connectivity index (χ0v) is 13.5. The van der Waals surface area contributed by atoms with Gasteiger partial charge in [-0.1, -0.05) is 36.8 Å². The van der Waals surface area contributed by atoms with Crippen LogP contribution < -0.4 is 5.32 Å². The van der Waals surface area contributed by atoms with Crippen LogP contribution in [0.1, 0.15) is 50.8 Å². The molecule has 1 aromatic rings. The second kappa shape index (κ2) is 7.24. The Bertz CT molecular complexity index is 390. The third-order valence-electron chi connectivity index (χ3n) is 4.88. The van der Waals surface area contributed by atoms with Gasteiger partial charge in [-0.05, 0) is 64.7 Å². The number of nitrogens with zero attached hydrogens (tertiary/aromatic N) is 1. The zero-order valence-electron chi connectivity index (χ0n) is 13.5. The van der Waals surface area contributed by atoms with Crippen LogP contribution in [0.4, 0.5) is 0 Å². The zero-order chi connectivity index (χ0) is 14.5. The molecule has 1 aromatic carbocycles. The number of rotatable bonds is 5. The fraction of sp³-hybridized carbons (Fsp3) is 0.667. The summed E-state index contributed by atoms with van der Waals surface area (Å²) in [5, 5.41) is 3.80. The Kier molecular flexibility index (Phi) is 5.62. The van der Waals surface area contributed by atoms with E-state index in [0.717, 1.165) is 5.92 Å². The number of benzene rings is 1. The summed E-state index contributed by atoms with van der Waals surface area (Å²) >= 11 is 0.